The van der Waals surface area contributed by atoms with Crippen LogP contribution in [0.1, 0.15) is 41.6 Å². The fourth-order valence-electron chi connectivity index (χ4n) is 3.97. The van der Waals surface area contributed by atoms with Crippen LogP contribution in [-0.2, 0) is 16.1 Å². The predicted octanol–water partition coefficient (Wildman–Crippen LogP) is 3.44. The smallest absolute Gasteiger partial charge is 0.262 e. The van der Waals surface area contributed by atoms with Crippen molar-refractivity contribution in [2.75, 3.05) is 25.5 Å². The zero-order valence-corrected chi connectivity index (χ0v) is 19.9. The molecule has 0 spiro atoms. The molecule has 2 N–H and O–H groups in total. The second-order valence-electron chi connectivity index (χ2n) is 8.21. The minimum absolute atomic E-state index is 0.0363. The predicted molar refractivity (Wildman–Crippen MR) is 133 cm³/mol. The van der Waals surface area contributed by atoms with Gasteiger partial charge in [0.1, 0.15) is 11.0 Å². The standard InChI is InChI=1S/C25H28N4O4S/c1-33-20-11-4-3-8-18(20)16-26-23(31)17-9-7-10-19(14-17)27-22(30)15-21-24(32)28-25(34-21)29-12-5-2-6-13-29/h3-4,7-11,14,21H,2,5-6,12-13,15-16H2,1H3,(H,26,31)(H,27,30). The highest BCUT2D eigenvalue weighted by Gasteiger charge is 2.33. The average Bonchev–Trinajstić information content (AvgIpc) is 3.23. The lowest BCUT2D eigenvalue weighted by atomic mass is 10.1. The van der Waals surface area contributed by atoms with Crippen molar-refractivity contribution in [3.63, 3.8) is 0 Å². The second-order valence-corrected chi connectivity index (χ2v) is 9.38. The van der Waals surface area contributed by atoms with Crippen molar-refractivity contribution in [3.8, 4) is 5.75 Å². The molecule has 2 aliphatic rings. The summed E-state index contributed by atoms with van der Waals surface area (Å²) >= 11 is 1.37. The molecule has 0 bridgehead atoms. The summed E-state index contributed by atoms with van der Waals surface area (Å²) in [6.07, 6.45) is 3.43. The van der Waals surface area contributed by atoms with E-state index in [2.05, 4.69) is 20.5 Å². The van der Waals surface area contributed by atoms with E-state index >= 15 is 0 Å². The maximum atomic E-state index is 12.6. The summed E-state index contributed by atoms with van der Waals surface area (Å²) in [5.41, 5.74) is 1.80. The molecule has 2 aliphatic heterocycles. The van der Waals surface area contributed by atoms with Gasteiger partial charge < -0.3 is 20.3 Å². The van der Waals surface area contributed by atoms with E-state index in [0.29, 0.717) is 23.5 Å². The minimum atomic E-state index is -0.510. The van der Waals surface area contributed by atoms with E-state index in [4.69, 9.17) is 4.74 Å². The number of nitrogens with one attached hydrogen (secondary N) is 2. The van der Waals surface area contributed by atoms with Crippen LogP contribution in [-0.4, -0.2) is 53.2 Å². The van der Waals surface area contributed by atoms with E-state index < -0.39 is 5.25 Å². The van der Waals surface area contributed by atoms with Gasteiger partial charge in [-0.05, 0) is 43.5 Å². The van der Waals surface area contributed by atoms with E-state index in [9.17, 15) is 14.4 Å². The van der Waals surface area contributed by atoms with Crippen LogP contribution in [0.25, 0.3) is 0 Å². The molecule has 1 saturated heterocycles. The Morgan fingerprint density at radius 1 is 1.12 bits per heavy atom. The third-order valence-corrected chi connectivity index (χ3v) is 6.98. The van der Waals surface area contributed by atoms with Crippen LogP contribution < -0.4 is 15.4 Å². The number of methoxy groups -OCH3 is 1. The molecule has 0 aromatic heterocycles. The molecule has 0 saturated carbocycles. The van der Waals surface area contributed by atoms with Crippen LogP contribution >= 0.6 is 11.8 Å². The first-order valence-electron chi connectivity index (χ1n) is 11.4. The Balaban J connectivity index is 1.30. The van der Waals surface area contributed by atoms with Crippen LogP contribution in [0.2, 0.25) is 0 Å². The molecule has 178 valence electrons. The van der Waals surface area contributed by atoms with Crippen LogP contribution in [0.5, 0.6) is 5.75 Å². The molecule has 0 aliphatic carbocycles. The van der Waals surface area contributed by atoms with Gasteiger partial charge >= 0.3 is 0 Å². The number of ether oxygens (including phenoxy) is 1. The first-order chi connectivity index (χ1) is 16.5. The zero-order chi connectivity index (χ0) is 23.9. The van der Waals surface area contributed by atoms with Crippen molar-refractivity contribution < 1.29 is 19.1 Å². The number of aliphatic imine (C=N–C) groups is 1. The van der Waals surface area contributed by atoms with Crippen molar-refractivity contribution in [2.45, 2.75) is 37.5 Å². The Labute approximate surface area is 203 Å². The highest BCUT2D eigenvalue weighted by molar-refractivity contribution is 8.15. The molecule has 2 heterocycles. The van der Waals surface area contributed by atoms with Crippen LogP contribution in [0.3, 0.4) is 0 Å². The monoisotopic (exact) mass is 480 g/mol. The molecule has 1 unspecified atom stereocenters. The lowest BCUT2D eigenvalue weighted by Gasteiger charge is -2.27. The van der Waals surface area contributed by atoms with Gasteiger partial charge in [0.15, 0.2) is 5.17 Å². The van der Waals surface area contributed by atoms with Crippen molar-refractivity contribution in [1.82, 2.24) is 10.2 Å². The number of rotatable bonds is 7. The van der Waals surface area contributed by atoms with Crippen LogP contribution in [0.15, 0.2) is 53.5 Å². The Kier molecular flexibility index (Phi) is 7.84. The summed E-state index contributed by atoms with van der Waals surface area (Å²) in [6, 6.07) is 14.2. The number of carbonyl (C=O) groups excluding carboxylic acids is 3. The molecular weight excluding hydrogens is 452 g/mol. The molecule has 9 heteroatoms. The molecule has 3 amide bonds. The van der Waals surface area contributed by atoms with E-state index in [1.807, 2.05) is 24.3 Å². The van der Waals surface area contributed by atoms with Gasteiger partial charge in [0.25, 0.3) is 11.8 Å². The summed E-state index contributed by atoms with van der Waals surface area (Å²) in [6.45, 7) is 2.13. The number of likely N-dealkylation sites (tertiary alicyclic amines) is 1. The first kappa shape index (κ1) is 23.8. The van der Waals surface area contributed by atoms with Gasteiger partial charge in [-0.15, -0.1) is 0 Å². The maximum absolute atomic E-state index is 12.6. The number of thioether (sulfide) groups is 1. The zero-order valence-electron chi connectivity index (χ0n) is 19.1. The fraction of sp³-hybridized carbons (Fsp3) is 0.360. The summed E-state index contributed by atoms with van der Waals surface area (Å²) < 4.78 is 5.31. The van der Waals surface area contributed by atoms with Gasteiger partial charge in [-0.1, -0.05) is 36.0 Å². The highest BCUT2D eigenvalue weighted by Crippen LogP contribution is 2.29. The van der Waals surface area contributed by atoms with Crippen LogP contribution in [0.4, 0.5) is 5.69 Å². The van der Waals surface area contributed by atoms with Crippen molar-refractivity contribution >= 4 is 40.3 Å². The molecule has 1 atom stereocenters. The summed E-state index contributed by atoms with van der Waals surface area (Å²) in [7, 11) is 1.59. The lowest BCUT2D eigenvalue weighted by molar-refractivity contribution is -0.121. The fourth-order valence-corrected chi connectivity index (χ4v) is 5.09. The topological polar surface area (TPSA) is 100 Å². The molecule has 2 aromatic rings. The molecule has 0 radical (unpaired) electrons. The Bertz CT molecular complexity index is 1100. The Morgan fingerprint density at radius 3 is 2.71 bits per heavy atom. The highest BCUT2D eigenvalue weighted by atomic mass is 32.2. The van der Waals surface area contributed by atoms with Crippen molar-refractivity contribution in [1.29, 1.82) is 0 Å². The Hall–Kier alpha value is -3.33. The number of piperidine rings is 1. The van der Waals surface area contributed by atoms with E-state index in [1.165, 1.54) is 18.2 Å². The van der Waals surface area contributed by atoms with Gasteiger partial charge in [-0.2, -0.15) is 4.99 Å². The third kappa shape index (κ3) is 5.96. The van der Waals surface area contributed by atoms with Gasteiger partial charge in [-0.3, -0.25) is 14.4 Å². The van der Waals surface area contributed by atoms with Crippen molar-refractivity contribution in [3.05, 3.63) is 59.7 Å². The van der Waals surface area contributed by atoms with Gasteiger partial charge in [-0.25, -0.2) is 0 Å². The average molecular weight is 481 g/mol. The number of amides is 3. The number of nitrogens with zero attached hydrogens (tertiary/aromatic N) is 2. The number of amidine groups is 1. The van der Waals surface area contributed by atoms with E-state index in [0.717, 1.165) is 36.7 Å². The number of carbonyl (C=O) groups is 3. The minimum Gasteiger partial charge on any atom is -0.496 e. The number of anilines is 1. The Morgan fingerprint density at radius 2 is 1.91 bits per heavy atom. The van der Waals surface area contributed by atoms with Gasteiger partial charge in [0, 0.05) is 42.9 Å². The molecule has 2 aromatic carbocycles. The quantitative estimate of drug-likeness (QED) is 0.630. The molecule has 1 fully saturated rings. The van der Waals surface area contributed by atoms with Gasteiger partial charge in [0.05, 0.1) is 7.11 Å². The molecular formula is C25H28N4O4S. The number of para-hydroxylation sites is 1. The SMILES string of the molecule is COc1ccccc1CNC(=O)c1cccc(NC(=O)CC2SC(N3CCCCC3)=NC2=O)c1. The summed E-state index contributed by atoms with van der Waals surface area (Å²) in [5, 5.41) is 5.90. The summed E-state index contributed by atoms with van der Waals surface area (Å²) in [4.78, 5) is 43.9. The van der Waals surface area contributed by atoms with Gasteiger partial charge in [0.2, 0.25) is 5.91 Å². The third-order valence-electron chi connectivity index (χ3n) is 5.77. The normalized spacial score (nSPS) is 17.8. The molecule has 4 rings (SSSR count). The number of hydrogen-bond acceptors (Lipinski definition) is 6. The molecule has 34 heavy (non-hydrogen) atoms. The lowest BCUT2D eigenvalue weighted by Crippen LogP contribution is -2.33. The number of hydrogen-bond donors (Lipinski definition) is 2. The van der Waals surface area contributed by atoms with Crippen molar-refractivity contribution in [2.24, 2.45) is 4.99 Å². The van der Waals surface area contributed by atoms with E-state index in [1.54, 1.807) is 31.4 Å². The largest absolute Gasteiger partial charge is 0.496 e. The van der Waals surface area contributed by atoms with E-state index in [-0.39, 0.29) is 24.1 Å². The molecule has 8 nitrogen and oxygen atoms in total. The number of benzene rings is 2. The maximum Gasteiger partial charge on any atom is 0.262 e. The van der Waals surface area contributed by atoms with Crippen LogP contribution in [0, 0.1) is 0 Å². The first-order valence-corrected chi connectivity index (χ1v) is 12.3. The second kappa shape index (κ2) is 11.2. The summed E-state index contributed by atoms with van der Waals surface area (Å²) in [5.74, 6) is -0.101.